The highest BCUT2D eigenvalue weighted by Crippen LogP contribution is 2.38. The fourth-order valence-electron chi connectivity index (χ4n) is 7.45. The van der Waals surface area contributed by atoms with Crippen LogP contribution < -0.4 is 10.2 Å². The van der Waals surface area contributed by atoms with Gasteiger partial charge in [0.2, 0.25) is 5.91 Å². The molecular formula is C60H105N2O7P. The zero-order valence-electron chi connectivity index (χ0n) is 45.7. The Morgan fingerprint density at radius 3 is 1.54 bits per heavy atom. The molecular weight excluding hydrogens is 892 g/mol. The van der Waals surface area contributed by atoms with E-state index in [1.54, 1.807) is 6.08 Å². The van der Waals surface area contributed by atoms with Gasteiger partial charge in [-0.25, -0.2) is 0 Å². The predicted octanol–water partition coefficient (Wildman–Crippen LogP) is 16.2. The number of ether oxygens (including phenoxy) is 1. The first-order chi connectivity index (χ1) is 33.9. The highest BCUT2D eigenvalue weighted by Gasteiger charge is 2.27. The zero-order valence-corrected chi connectivity index (χ0v) is 46.6. The van der Waals surface area contributed by atoms with Crippen LogP contribution in [-0.4, -0.2) is 69.4 Å². The summed E-state index contributed by atoms with van der Waals surface area (Å²) in [6, 6.07) is -0.926. The van der Waals surface area contributed by atoms with Gasteiger partial charge >= 0.3 is 5.97 Å². The van der Waals surface area contributed by atoms with Gasteiger partial charge in [0, 0.05) is 12.8 Å². The maximum absolute atomic E-state index is 13.4. The summed E-state index contributed by atoms with van der Waals surface area (Å²) in [6.45, 7) is 6.61. The molecule has 0 saturated carbocycles. The molecule has 3 unspecified atom stereocenters. The Labute approximate surface area is 430 Å². The van der Waals surface area contributed by atoms with Crippen LogP contribution in [0.15, 0.2) is 97.2 Å². The van der Waals surface area contributed by atoms with Crippen molar-refractivity contribution in [3.8, 4) is 0 Å². The van der Waals surface area contributed by atoms with Crippen molar-refractivity contribution in [3.63, 3.8) is 0 Å². The number of carbonyl (C=O) groups is 2. The van der Waals surface area contributed by atoms with E-state index in [1.165, 1.54) is 96.3 Å². The molecule has 0 aliphatic rings. The number of allylic oxidation sites excluding steroid dienone is 15. The maximum Gasteiger partial charge on any atom is 0.306 e. The first-order valence-electron chi connectivity index (χ1n) is 28.1. The Morgan fingerprint density at radius 2 is 0.986 bits per heavy atom. The van der Waals surface area contributed by atoms with Crippen LogP contribution in [0, 0.1) is 0 Å². The molecule has 1 amide bonds. The van der Waals surface area contributed by atoms with Crippen LogP contribution in [0.3, 0.4) is 0 Å². The Balaban J connectivity index is 5.49. The number of unbranched alkanes of at least 4 members (excludes halogenated alkanes) is 21. The predicted molar refractivity (Wildman–Crippen MR) is 297 cm³/mol. The van der Waals surface area contributed by atoms with Crippen LogP contribution in [0.2, 0.25) is 0 Å². The lowest BCUT2D eigenvalue weighted by molar-refractivity contribution is -0.870. The van der Waals surface area contributed by atoms with Crippen molar-refractivity contribution >= 4 is 19.7 Å². The Hall–Kier alpha value is -3.07. The topological polar surface area (TPSA) is 114 Å². The average Bonchev–Trinajstić information content (AvgIpc) is 3.32. The van der Waals surface area contributed by atoms with Crippen LogP contribution in [0.5, 0.6) is 0 Å². The summed E-state index contributed by atoms with van der Waals surface area (Å²) >= 11 is 0. The van der Waals surface area contributed by atoms with E-state index in [9.17, 15) is 19.0 Å². The third-order valence-electron chi connectivity index (χ3n) is 11.8. The molecule has 0 aromatic carbocycles. The minimum Gasteiger partial charge on any atom is -0.756 e. The summed E-state index contributed by atoms with van der Waals surface area (Å²) < 4.78 is 30.2. The highest BCUT2D eigenvalue weighted by molar-refractivity contribution is 7.45. The number of rotatable bonds is 49. The monoisotopic (exact) mass is 997 g/mol. The van der Waals surface area contributed by atoms with Gasteiger partial charge in [0.15, 0.2) is 0 Å². The third kappa shape index (κ3) is 49.9. The van der Waals surface area contributed by atoms with Gasteiger partial charge in [0.25, 0.3) is 7.82 Å². The second-order valence-corrected chi connectivity index (χ2v) is 21.2. The minimum atomic E-state index is -4.72. The van der Waals surface area contributed by atoms with E-state index in [-0.39, 0.29) is 31.3 Å². The molecule has 0 heterocycles. The lowest BCUT2D eigenvalue weighted by Gasteiger charge is -2.30. The molecule has 0 aliphatic heterocycles. The zero-order chi connectivity index (χ0) is 51.5. The van der Waals surface area contributed by atoms with Crippen molar-refractivity contribution in [2.24, 2.45) is 0 Å². The van der Waals surface area contributed by atoms with Gasteiger partial charge in [0.05, 0.1) is 33.8 Å². The van der Waals surface area contributed by atoms with Crippen LogP contribution in [0.25, 0.3) is 0 Å². The maximum atomic E-state index is 13.4. The normalized spacial score (nSPS) is 14.6. The second kappa shape index (κ2) is 49.5. The number of hydrogen-bond donors (Lipinski definition) is 1. The number of hydrogen-bond acceptors (Lipinski definition) is 7. The molecule has 0 radical (unpaired) electrons. The van der Waals surface area contributed by atoms with Crippen molar-refractivity contribution in [1.29, 1.82) is 0 Å². The van der Waals surface area contributed by atoms with Crippen molar-refractivity contribution in [1.82, 2.24) is 5.32 Å². The second-order valence-electron chi connectivity index (χ2n) is 19.8. The average molecular weight is 997 g/mol. The fourth-order valence-corrected chi connectivity index (χ4v) is 8.18. The number of likely N-dealkylation sites (N-methyl/N-ethyl adjacent to an activating group) is 1. The first-order valence-corrected chi connectivity index (χ1v) is 29.5. The van der Waals surface area contributed by atoms with E-state index >= 15 is 0 Å². The van der Waals surface area contributed by atoms with E-state index in [4.69, 9.17) is 13.8 Å². The summed E-state index contributed by atoms with van der Waals surface area (Å²) in [4.78, 5) is 39.8. The lowest BCUT2D eigenvalue weighted by Crippen LogP contribution is -2.47. The lowest BCUT2D eigenvalue weighted by atomic mass is 10.1. The van der Waals surface area contributed by atoms with E-state index in [1.807, 2.05) is 27.2 Å². The van der Waals surface area contributed by atoms with Gasteiger partial charge in [-0.2, -0.15) is 0 Å². The molecule has 0 aromatic rings. The summed E-state index contributed by atoms with van der Waals surface area (Å²) in [6.07, 6.45) is 65.2. The summed E-state index contributed by atoms with van der Waals surface area (Å²) in [5.74, 6) is -0.628. The molecule has 70 heavy (non-hydrogen) atoms. The van der Waals surface area contributed by atoms with Crippen LogP contribution in [0.1, 0.15) is 220 Å². The molecule has 402 valence electrons. The number of phosphoric ester groups is 1. The van der Waals surface area contributed by atoms with E-state index in [0.29, 0.717) is 23.9 Å². The van der Waals surface area contributed by atoms with Crippen LogP contribution in [0.4, 0.5) is 0 Å². The Bertz CT molecular complexity index is 1520. The van der Waals surface area contributed by atoms with E-state index in [0.717, 1.165) is 77.0 Å². The van der Waals surface area contributed by atoms with Gasteiger partial charge in [-0.3, -0.25) is 14.2 Å². The van der Waals surface area contributed by atoms with Gasteiger partial charge < -0.3 is 28.5 Å². The molecule has 0 spiro atoms. The van der Waals surface area contributed by atoms with Gasteiger partial charge in [-0.05, 0) is 89.5 Å². The molecule has 0 rings (SSSR count). The highest BCUT2D eigenvalue weighted by atomic mass is 31.2. The number of esters is 1. The molecule has 1 N–H and O–H groups in total. The Kier molecular flexibility index (Phi) is 47.3. The third-order valence-corrected chi connectivity index (χ3v) is 12.8. The smallest absolute Gasteiger partial charge is 0.306 e. The SMILES string of the molecule is CC/C=C/C=C/C=C/CCCCCCCCCC(=O)OC(/C=C/CCCCCCCCCCCC)C(COP(=O)([O-])OCC[N+](C)(C)C)NC(=O)CCC/C=C\C/C=C\C/C=C\C/C=C\CCCCC. The molecule has 0 saturated heterocycles. The van der Waals surface area contributed by atoms with Crippen molar-refractivity contribution < 1.29 is 37.3 Å². The summed E-state index contributed by atoms with van der Waals surface area (Å²) in [7, 11) is 1.13. The number of phosphoric acid groups is 1. The number of carbonyl (C=O) groups excluding carboxylic acids is 2. The van der Waals surface area contributed by atoms with Gasteiger partial charge in [-0.1, -0.05) is 215 Å². The van der Waals surface area contributed by atoms with Crippen molar-refractivity contribution in [3.05, 3.63) is 97.2 Å². The standard InChI is InChI=1S/C60H105N2O7P/c1-7-10-13-16-19-22-25-28-30-31-33-34-37-40-43-46-49-52-59(63)61-57(56-68-70(65,66)67-55-54-62(4,5)6)58(51-48-45-42-39-36-27-24-21-18-15-12-9-3)69-60(64)53-50-47-44-41-38-35-32-29-26-23-20-17-14-11-8-2/h11,14,17,19-20,22-23,26,28,30,33-34,40,43,48,51,57-58H,7-10,12-13,15-16,18,21,24-25,27,29,31-32,35-39,41-42,44-47,49-50,52-56H2,1-6H3,(H-,61,63,65,66)/b14-11+,20-17+,22-19-,26-23+,30-28-,34-33-,43-40-,51-48+. The van der Waals surface area contributed by atoms with E-state index < -0.39 is 26.6 Å². The molecule has 10 heteroatoms. The van der Waals surface area contributed by atoms with Gasteiger partial charge in [0.1, 0.15) is 19.3 Å². The molecule has 9 nitrogen and oxygen atoms in total. The summed E-state index contributed by atoms with van der Waals surface area (Å²) in [5.41, 5.74) is 0. The van der Waals surface area contributed by atoms with Crippen LogP contribution >= 0.6 is 7.82 Å². The molecule has 0 aromatic heterocycles. The Morgan fingerprint density at radius 1 is 0.529 bits per heavy atom. The van der Waals surface area contributed by atoms with Crippen molar-refractivity contribution in [2.75, 3.05) is 40.9 Å². The minimum absolute atomic E-state index is 0.0391. The van der Waals surface area contributed by atoms with Crippen molar-refractivity contribution in [2.45, 2.75) is 232 Å². The van der Waals surface area contributed by atoms with Crippen LogP contribution in [-0.2, 0) is 27.9 Å². The molecule has 0 aliphatic carbocycles. The number of nitrogens with one attached hydrogen (secondary N) is 1. The number of quaternary nitrogens is 1. The molecule has 0 bridgehead atoms. The fraction of sp³-hybridized carbons (Fsp3) is 0.700. The largest absolute Gasteiger partial charge is 0.756 e. The molecule has 3 atom stereocenters. The molecule has 0 fully saturated rings. The summed E-state index contributed by atoms with van der Waals surface area (Å²) in [5, 5.41) is 2.98. The van der Waals surface area contributed by atoms with E-state index in [2.05, 4.69) is 111 Å². The quantitative estimate of drug-likeness (QED) is 0.0161. The van der Waals surface area contributed by atoms with Gasteiger partial charge in [-0.15, -0.1) is 0 Å². The first kappa shape index (κ1) is 66.9. The number of nitrogens with zero attached hydrogens (tertiary/aromatic N) is 1. The number of amides is 1.